The van der Waals surface area contributed by atoms with Gasteiger partial charge in [0.15, 0.2) is 6.04 Å². The second-order valence-electron chi connectivity index (χ2n) is 5.06. The Morgan fingerprint density at radius 2 is 1.88 bits per heavy atom. The normalized spacial score (nSPS) is 11.5. The van der Waals surface area contributed by atoms with Crippen LogP contribution in [0.5, 0.6) is 0 Å². The monoisotopic (exact) mass is 425 g/mol. The van der Waals surface area contributed by atoms with Gasteiger partial charge in [0.05, 0.1) is 11.6 Å². The number of nitrogens with one attached hydrogen (secondary N) is 1. The summed E-state index contributed by atoms with van der Waals surface area (Å²) in [4.78, 5) is 24.3. The van der Waals surface area contributed by atoms with Gasteiger partial charge in [0.25, 0.3) is 0 Å². The molecule has 0 heterocycles. The Labute approximate surface area is 159 Å². The number of benzene rings is 2. The molecule has 0 fully saturated rings. The van der Waals surface area contributed by atoms with Gasteiger partial charge < -0.3 is 14.8 Å². The number of esters is 1. The van der Waals surface area contributed by atoms with Crippen LogP contribution in [0, 0.1) is 0 Å². The van der Waals surface area contributed by atoms with Crippen LogP contribution in [-0.4, -0.2) is 18.7 Å². The Balaban J connectivity index is 2.08. The summed E-state index contributed by atoms with van der Waals surface area (Å²) >= 11 is 9.36. The molecule has 2 rings (SSSR count). The third-order valence-electron chi connectivity index (χ3n) is 3.27. The summed E-state index contributed by atoms with van der Waals surface area (Å²) in [5.41, 5.74) is 1.35. The van der Waals surface area contributed by atoms with E-state index in [9.17, 15) is 9.59 Å². The van der Waals surface area contributed by atoms with E-state index in [1.807, 2.05) is 30.3 Å². The first-order valence-electron chi connectivity index (χ1n) is 7.60. The summed E-state index contributed by atoms with van der Waals surface area (Å²) in [7, 11) is 0. The van der Waals surface area contributed by atoms with Crippen LogP contribution in [0.4, 0.5) is 4.79 Å². The predicted octanol–water partition coefficient (Wildman–Crippen LogP) is 4.63. The van der Waals surface area contributed by atoms with E-state index in [1.54, 1.807) is 25.1 Å². The van der Waals surface area contributed by atoms with Crippen LogP contribution in [0.1, 0.15) is 24.1 Å². The fraction of sp³-hybridized carbons (Fsp3) is 0.222. The quantitative estimate of drug-likeness (QED) is 0.684. The Bertz CT molecular complexity index is 739. The van der Waals surface area contributed by atoms with Gasteiger partial charge in [-0.15, -0.1) is 0 Å². The van der Waals surface area contributed by atoms with Gasteiger partial charge in [-0.05, 0) is 46.1 Å². The summed E-state index contributed by atoms with van der Waals surface area (Å²) < 4.78 is 10.9. The van der Waals surface area contributed by atoms with Gasteiger partial charge in [0.1, 0.15) is 6.61 Å². The molecule has 25 heavy (non-hydrogen) atoms. The molecule has 2 aromatic rings. The largest absolute Gasteiger partial charge is 0.464 e. The number of rotatable bonds is 6. The number of alkyl carbamates (subject to hydrolysis) is 1. The van der Waals surface area contributed by atoms with Gasteiger partial charge in [0, 0.05) is 4.47 Å². The molecule has 1 N–H and O–H groups in total. The minimum atomic E-state index is -1.01. The van der Waals surface area contributed by atoms with E-state index in [2.05, 4.69) is 21.2 Å². The van der Waals surface area contributed by atoms with Crippen molar-refractivity contribution in [3.05, 3.63) is 69.2 Å². The maximum absolute atomic E-state index is 12.2. The fourth-order valence-electron chi connectivity index (χ4n) is 2.08. The van der Waals surface area contributed by atoms with Crippen molar-refractivity contribution in [1.29, 1.82) is 0 Å². The number of halogens is 2. The summed E-state index contributed by atoms with van der Waals surface area (Å²) in [6, 6.07) is 13.2. The minimum absolute atomic E-state index is 0.101. The highest BCUT2D eigenvalue weighted by Gasteiger charge is 2.25. The molecule has 0 aliphatic carbocycles. The lowest BCUT2D eigenvalue weighted by molar-refractivity contribution is -0.145. The van der Waals surface area contributed by atoms with Crippen molar-refractivity contribution in [3.63, 3.8) is 0 Å². The molecule has 1 unspecified atom stereocenters. The Kier molecular flexibility index (Phi) is 7.28. The summed E-state index contributed by atoms with van der Waals surface area (Å²) in [6.45, 7) is 1.99. The third kappa shape index (κ3) is 5.76. The molecule has 0 spiro atoms. The minimum Gasteiger partial charge on any atom is -0.464 e. The summed E-state index contributed by atoms with van der Waals surface area (Å²) in [6.07, 6.45) is -0.721. The van der Waals surface area contributed by atoms with Crippen LogP contribution in [-0.2, 0) is 20.9 Å². The van der Waals surface area contributed by atoms with E-state index in [4.69, 9.17) is 21.1 Å². The Morgan fingerprint density at radius 1 is 1.16 bits per heavy atom. The zero-order valence-corrected chi connectivity index (χ0v) is 15.8. The molecular formula is C18H17BrClNO4. The van der Waals surface area contributed by atoms with Gasteiger partial charge in [-0.25, -0.2) is 9.59 Å². The van der Waals surface area contributed by atoms with Crippen molar-refractivity contribution in [3.8, 4) is 0 Å². The Morgan fingerprint density at radius 3 is 2.52 bits per heavy atom. The maximum Gasteiger partial charge on any atom is 0.408 e. The van der Waals surface area contributed by atoms with E-state index in [1.165, 1.54) is 0 Å². The van der Waals surface area contributed by atoms with Gasteiger partial charge in [-0.1, -0.05) is 48.0 Å². The SMILES string of the molecule is CCOC(=O)C(NC(=O)OCc1ccccc1)c1ccc(Br)c(Cl)c1. The second-order valence-corrected chi connectivity index (χ2v) is 6.33. The smallest absolute Gasteiger partial charge is 0.408 e. The van der Waals surface area contributed by atoms with E-state index >= 15 is 0 Å². The van der Waals surface area contributed by atoms with Crippen LogP contribution < -0.4 is 5.32 Å². The van der Waals surface area contributed by atoms with Gasteiger partial charge in [0.2, 0.25) is 0 Å². The lowest BCUT2D eigenvalue weighted by Gasteiger charge is -2.18. The van der Waals surface area contributed by atoms with Crippen molar-refractivity contribution < 1.29 is 19.1 Å². The molecular weight excluding hydrogens is 410 g/mol. The summed E-state index contributed by atoms with van der Waals surface area (Å²) in [5, 5.41) is 2.95. The first kappa shape index (κ1) is 19.3. The van der Waals surface area contributed by atoms with E-state index in [-0.39, 0.29) is 13.2 Å². The van der Waals surface area contributed by atoms with Crippen molar-refractivity contribution in [2.75, 3.05) is 6.61 Å². The Hall–Kier alpha value is -2.05. The number of hydrogen-bond donors (Lipinski definition) is 1. The topological polar surface area (TPSA) is 64.6 Å². The molecule has 0 saturated carbocycles. The lowest BCUT2D eigenvalue weighted by atomic mass is 10.1. The van der Waals surface area contributed by atoms with Crippen LogP contribution in [0.3, 0.4) is 0 Å². The first-order chi connectivity index (χ1) is 12.0. The van der Waals surface area contributed by atoms with Crippen molar-refractivity contribution in [2.24, 2.45) is 0 Å². The van der Waals surface area contributed by atoms with Crippen molar-refractivity contribution in [2.45, 2.75) is 19.6 Å². The molecule has 0 aliphatic rings. The van der Waals surface area contributed by atoms with Gasteiger partial charge in [-0.3, -0.25) is 0 Å². The first-order valence-corrected chi connectivity index (χ1v) is 8.77. The number of amides is 1. The van der Waals surface area contributed by atoms with E-state index < -0.39 is 18.1 Å². The van der Waals surface area contributed by atoms with Gasteiger partial charge >= 0.3 is 12.1 Å². The predicted molar refractivity (Wildman–Crippen MR) is 98.3 cm³/mol. The highest BCUT2D eigenvalue weighted by atomic mass is 79.9. The fourth-order valence-corrected chi connectivity index (χ4v) is 2.51. The van der Waals surface area contributed by atoms with Crippen molar-refractivity contribution in [1.82, 2.24) is 5.32 Å². The van der Waals surface area contributed by atoms with Crippen molar-refractivity contribution >= 4 is 39.6 Å². The average Bonchev–Trinajstić information content (AvgIpc) is 2.61. The number of carbonyl (C=O) groups is 2. The molecule has 0 aliphatic heterocycles. The number of carbonyl (C=O) groups excluding carboxylic acids is 2. The average molecular weight is 427 g/mol. The maximum atomic E-state index is 12.2. The molecule has 7 heteroatoms. The molecule has 5 nitrogen and oxygen atoms in total. The summed E-state index contributed by atoms with van der Waals surface area (Å²) in [5.74, 6) is -0.586. The molecule has 0 aromatic heterocycles. The molecule has 132 valence electrons. The van der Waals surface area contributed by atoms with E-state index in [0.717, 1.165) is 5.56 Å². The molecule has 0 bridgehead atoms. The molecule has 1 atom stereocenters. The zero-order chi connectivity index (χ0) is 18.2. The van der Waals surface area contributed by atoms with Crippen LogP contribution in [0.25, 0.3) is 0 Å². The molecule has 0 radical (unpaired) electrons. The highest BCUT2D eigenvalue weighted by Crippen LogP contribution is 2.26. The zero-order valence-electron chi connectivity index (χ0n) is 13.5. The van der Waals surface area contributed by atoms with Gasteiger partial charge in [-0.2, -0.15) is 0 Å². The lowest BCUT2D eigenvalue weighted by Crippen LogP contribution is -2.35. The molecule has 1 amide bonds. The van der Waals surface area contributed by atoms with Crippen LogP contribution >= 0.6 is 27.5 Å². The second kappa shape index (κ2) is 9.44. The molecule has 2 aromatic carbocycles. The van der Waals surface area contributed by atoms with E-state index in [0.29, 0.717) is 15.1 Å². The van der Waals surface area contributed by atoms with Crippen LogP contribution in [0.2, 0.25) is 5.02 Å². The highest BCUT2D eigenvalue weighted by molar-refractivity contribution is 9.10. The third-order valence-corrected chi connectivity index (χ3v) is 4.51. The number of hydrogen-bond acceptors (Lipinski definition) is 4. The van der Waals surface area contributed by atoms with Crippen LogP contribution in [0.15, 0.2) is 53.0 Å². The molecule has 0 saturated heterocycles. The standard InChI is InChI=1S/C18H17BrClNO4/c1-2-24-17(22)16(13-8-9-14(19)15(20)10-13)21-18(23)25-11-12-6-4-3-5-7-12/h3-10,16H,2,11H2,1H3,(H,21,23). The number of ether oxygens (including phenoxy) is 2.